The quantitative estimate of drug-likeness (QED) is 0.467. The Morgan fingerprint density at radius 1 is 0.800 bits per heavy atom. The van der Waals surface area contributed by atoms with E-state index in [0.717, 1.165) is 16.7 Å². The second kappa shape index (κ2) is 12.2. The number of hydrogen-bond donors (Lipinski definition) is 1. The van der Waals surface area contributed by atoms with Gasteiger partial charge in [0.2, 0.25) is 10.0 Å². The van der Waals surface area contributed by atoms with Crippen molar-refractivity contribution < 1.29 is 18.3 Å². The molecule has 0 radical (unpaired) electrons. The topological polar surface area (TPSA) is 70.1 Å². The zero-order valence-electron chi connectivity index (χ0n) is 19.7. The van der Waals surface area contributed by atoms with Gasteiger partial charge in [0.05, 0.1) is 12.7 Å². The SMILES string of the molecule is O=S(=O)(/C=C/c1ccccc1)N1CCN(C[C@H](O)COC(c2ccccc2)c2ccccc2)CC1. The number of aliphatic hydroxyl groups excluding tert-OH is 1. The van der Waals surface area contributed by atoms with Crippen LogP contribution in [0.4, 0.5) is 0 Å². The first-order chi connectivity index (χ1) is 17.0. The maximum atomic E-state index is 12.7. The van der Waals surface area contributed by atoms with E-state index in [1.54, 1.807) is 6.08 Å². The van der Waals surface area contributed by atoms with Crippen molar-refractivity contribution >= 4 is 16.1 Å². The lowest BCUT2D eigenvalue weighted by Crippen LogP contribution is -2.50. The van der Waals surface area contributed by atoms with E-state index in [-0.39, 0.29) is 12.7 Å². The number of piperazine rings is 1. The van der Waals surface area contributed by atoms with Gasteiger partial charge in [-0.15, -0.1) is 0 Å². The lowest BCUT2D eigenvalue weighted by atomic mass is 10.0. The van der Waals surface area contributed by atoms with Gasteiger partial charge in [0.25, 0.3) is 0 Å². The number of benzene rings is 3. The third-order valence-electron chi connectivity index (χ3n) is 6.05. The maximum absolute atomic E-state index is 12.7. The fourth-order valence-electron chi connectivity index (χ4n) is 4.18. The summed E-state index contributed by atoms with van der Waals surface area (Å²) in [4.78, 5) is 2.08. The first kappa shape index (κ1) is 25.3. The van der Waals surface area contributed by atoms with E-state index in [1.807, 2.05) is 91.0 Å². The Kier molecular flexibility index (Phi) is 8.84. The second-order valence-corrected chi connectivity index (χ2v) is 10.5. The first-order valence-electron chi connectivity index (χ1n) is 11.9. The number of ether oxygens (including phenoxy) is 1. The van der Waals surface area contributed by atoms with Crippen LogP contribution in [0.15, 0.2) is 96.4 Å². The van der Waals surface area contributed by atoms with Gasteiger partial charge in [0.15, 0.2) is 0 Å². The number of nitrogens with zero attached hydrogens (tertiary/aromatic N) is 2. The van der Waals surface area contributed by atoms with Crippen molar-refractivity contribution in [1.29, 1.82) is 0 Å². The predicted molar refractivity (Wildman–Crippen MR) is 139 cm³/mol. The summed E-state index contributed by atoms with van der Waals surface area (Å²) in [6.07, 6.45) is 0.690. The standard InChI is InChI=1S/C28H32N2O4S/c31-27(23-34-28(25-12-6-2-7-13-25)26-14-8-3-9-15-26)22-29-17-19-30(20-18-29)35(32,33)21-16-24-10-4-1-5-11-24/h1-16,21,27-28,31H,17-20,22-23H2/b21-16+/t27-/m0/s1. The predicted octanol–water partition coefficient (Wildman–Crippen LogP) is 3.77. The van der Waals surface area contributed by atoms with Crippen LogP contribution in [0.3, 0.4) is 0 Å². The van der Waals surface area contributed by atoms with Crippen molar-refractivity contribution in [2.45, 2.75) is 12.2 Å². The highest BCUT2D eigenvalue weighted by Crippen LogP contribution is 2.26. The smallest absolute Gasteiger partial charge is 0.236 e. The van der Waals surface area contributed by atoms with Crippen LogP contribution in [-0.4, -0.2) is 68.2 Å². The molecule has 0 aromatic heterocycles. The molecule has 0 aliphatic carbocycles. The van der Waals surface area contributed by atoms with E-state index in [2.05, 4.69) is 4.90 Å². The molecule has 1 fully saturated rings. The lowest BCUT2D eigenvalue weighted by Gasteiger charge is -2.34. The van der Waals surface area contributed by atoms with Gasteiger partial charge in [0.1, 0.15) is 6.10 Å². The van der Waals surface area contributed by atoms with Crippen LogP contribution in [0.2, 0.25) is 0 Å². The van der Waals surface area contributed by atoms with Gasteiger partial charge in [-0.2, -0.15) is 4.31 Å². The van der Waals surface area contributed by atoms with Gasteiger partial charge in [-0.25, -0.2) is 8.42 Å². The summed E-state index contributed by atoms with van der Waals surface area (Å²) in [5.41, 5.74) is 2.92. The van der Waals surface area contributed by atoms with Crippen molar-refractivity contribution in [2.75, 3.05) is 39.3 Å². The van der Waals surface area contributed by atoms with Gasteiger partial charge >= 0.3 is 0 Å². The summed E-state index contributed by atoms with van der Waals surface area (Å²) >= 11 is 0. The molecule has 0 spiro atoms. The van der Waals surface area contributed by atoms with Gasteiger partial charge < -0.3 is 9.84 Å². The molecule has 1 atom stereocenters. The van der Waals surface area contributed by atoms with E-state index in [0.29, 0.717) is 32.7 Å². The fraction of sp³-hybridized carbons (Fsp3) is 0.286. The minimum Gasteiger partial charge on any atom is -0.389 e. The average Bonchev–Trinajstić information content (AvgIpc) is 2.90. The fourth-order valence-corrected chi connectivity index (χ4v) is 5.35. The molecule has 1 N–H and O–H groups in total. The van der Waals surface area contributed by atoms with Crippen LogP contribution in [0, 0.1) is 0 Å². The zero-order chi connectivity index (χ0) is 24.5. The summed E-state index contributed by atoms with van der Waals surface area (Å²) in [5, 5.41) is 11.9. The van der Waals surface area contributed by atoms with Gasteiger partial charge in [-0.3, -0.25) is 4.90 Å². The number of sulfonamides is 1. The molecule has 0 unspecified atom stereocenters. The Balaban J connectivity index is 1.28. The van der Waals surface area contributed by atoms with Crippen LogP contribution < -0.4 is 0 Å². The average molecular weight is 493 g/mol. The molecular formula is C28H32N2O4S. The summed E-state index contributed by atoms with van der Waals surface area (Å²) in [5.74, 6) is 0. The highest BCUT2D eigenvalue weighted by Gasteiger charge is 2.26. The van der Waals surface area contributed by atoms with Crippen LogP contribution in [0.5, 0.6) is 0 Å². The Morgan fingerprint density at radius 2 is 1.31 bits per heavy atom. The normalized spacial score (nSPS) is 16.6. The highest BCUT2D eigenvalue weighted by molar-refractivity contribution is 7.92. The van der Waals surface area contributed by atoms with Crippen molar-refractivity contribution in [3.05, 3.63) is 113 Å². The molecule has 3 aromatic carbocycles. The van der Waals surface area contributed by atoms with E-state index in [1.165, 1.54) is 9.71 Å². The van der Waals surface area contributed by atoms with E-state index in [9.17, 15) is 13.5 Å². The molecule has 1 aliphatic rings. The molecule has 7 heteroatoms. The summed E-state index contributed by atoms with van der Waals surface area (Å²) in [7, 11) is -3.48. The van der Waals surface area contributed by atoms with Crippen molar-refractivity contribution in [3.63, 3.8) is 0 Å². The van der Waals surface area contributed by atoms with E-state index >= 15 is 0 Å². The number of rotatable bonds is 10. The van der Waals surface area contributed by atoms with Crippen LogP contribution in [0.1, 0.15) is 22.8 Å². The molecule has 1 heterocycles. The Morgan fingerprint density at radius 3 is 1.86 bits per heavy atom. The molecule has 0 bridgehead atoms. The van der Waals surface area contributed by atoms with Crippen LogP contribution in [0.25, 0.3) is 6.08 Å². The molecule has 3 aromatic rings. The molecule has 4 rings (SSSR count). The van der Waals surface area contributed by atoms with Crippen LogP contribution in [-0.2, 0) is 14.8 Å². The molecule has 35 heavy (non-hydrogen) atoms. The summed E-state index contributed by atoms with van der Waals surface area (Å²) < 4.78 is 33.0. The minimum atomic E-state index is -3.48. The maximum Gasteiger partial charge on any atom is 0.236 e. The number of aliphatic hydroxyl groups is 1. The molecule has 184 valence electrons. The van der Waals surface area contributed by atoms with Crippen molar-refractivity contribution in [3.8, 4) is 0 Å². The number of β-amino-alcohol motifs (C(OH)–C–C–N with tert-alkyl or cyclic N) is 1. The Bertz CT molecular complexity index is 1120. The lowest BCUT2D eigenvalue weighted by molar-refractivity contribution is -0.0116. The molecular weight excluding hydrogens is 460 g/mol. The third kappa shape index (κ3) is 7.34. The largest absolute Gasteiger partial charge is 0.389 e. The van der Waals surface area contributed by atoms with Gasteiger partial charge in [0, 0.05) is 38.1 Å². The second-order valence-electron chi connectivity index (χ2n) is 8.65. The van der Waals surface area contributed by atoms with E-state index in [4.69, 9.17) is 4.74 Å². The third-order valence-corrected chi connectivity index (χ3v) is 7.62. The molecule has 1 saturated heterocycles. The molecule has 1 aliphatic heterocycles. The summed E-state index contributed by atoms with van der Waals surface area (Å²) in [6.45, 7) is 2.54. The monoisotopic (exact) mass is 492 g/mol. The molecule has 6 nitrogen and oxygen atoms in total. The molecule has 0 saturated carbocycles. The Hall–Kier alpha value is -2.81. The van der Waals surface area contributed by atoms with Crippen molar-refractivity contribution in [1.82, 2.24) is 9.21 Å². The zero-order valence-corrected chi connectivity index (χ0v) is 20.5. The van der Waals surface area contributed by atoms with Crippen LogP contribution >= 0.6 is 0 Å². The number of hydrogen-bond acceptors (Lipinski definition) is 5. The highest BCUT2D eigenvalue weighted by atomic mass is 32.2. The van der Waals surface area contributed by atoms with Crippen molar-refractivity contribution in [2.24, 2.45) is 0 Å². The first-order valence-corrected chi connectivity index (χ1v) is 13.4. The van der Waals surface area contributed by atoms with E-state index < -0.39 is 16.1 Å². The summed E-state index contributed by atoms with van der Waals surface area (Å²) in [6, 6.07) is 29.3. The van der Waals surface area contributed by atoms with Gasteiger partial charge in [-0.1, -0.05) is 91.0 Å². The minimum absolute atomic E-state index is 0.187. The molecule has 0 amide bonds. The Labute approximate surface area is 208 Å². The van der Waals surface area contributed by atoms with Gasteiger partial charge in [-0.05, 0) is 22.8 Å².